The van der Waals surface area contributed by atoms with E-state index in [1.807, 2.05) is 13.8 Å². The number of rotatable bonds is 15. The van der Waals surface area contributed by atoms with Crippen molar-refractivity contribution >= 4 is 36.7 Å². The number of nitrogens with two attached hydrogens (primary N) is 1. The van der Waals surface area contributed by atoms with Crippen LogP contribution in [-0.2, 0) is 23.9 Å². The number of nitrogens with one attached hydrogen (secondary N) is 1. The second kappa shape index (κ2) is 19.4. The number of nitrogens with zero attached hydrogens (tertiary/aromatic N) is 2. The predicted molar refractivity (Wildman–Crippen MR) is 183 cm³/mol. The van der Waals surface area contributed by atoms with Crippen LogP contribution in [0.15, 0.2) is 77.5 Å². The third-order valence-electron chi connectivity index (χ3n) is 7.43. The topological polar surface area (TPSA) is 111 Å². The maximum atomic E-state index is 13.9. The van der Waals surface area contributed by atoms with Gasteiger partial charge in [-0.3, -0.25) is 4.79 Å². The smallest absolute Gasteiger partial charge is 0.416 e. The van der Waals surface area contributed by atoms with Crippen LogP contribution in [0.25, 0.3) is 11.5 Å². The predicted octanol–water partition coefficient (Wildman–Crippen LogP) is 7.63. The first kappa shape index (κ1) is 42.1. The van der Waals surface area contributed by atoms with Crippen LogP contribution in [0.5, 0.6) is 0 Å². The van der Waals surface area contributed by atoms with Gasteiger partial charge in [-0.05, 0) is 66.8 Å². The molecule has 1 aromatic heterocycles. The molecule has 0 aliphatic heterocycles. The molecule has 2 unspecified atom stereocenters. The number of oxazole rings is 1. The molecule has 15 heteroatoms. The van der Waals surface area contributed by atoms with E-state index < -0.39 is 41.5 Å². The van der Waals surface area contributed by atoms with Crippen LogP contribution in [-0.4, -0.2) is 53.5 Å². The Morgan fingerprint density at radius 3 is 2.20 bits per heavy atom. The van der Waals surface area contributed by atoms with Gasteiger partial charge in [0.25, 0.3) is 5.91 Å². The van der Waals surface area contributed by atoms with E-state index in [9.17, 15) is 31.5 Å². The van der Waals surface area contributed by atoms with Crippen molar-refractivity contribution in [2.45, 2.75) is 58.0 Å². The van der Waals surface area contributed by atoms with Crippen molar-refractivity contribution in [3.05, 3.63) is 113 Å². The van der Waals surface area contributed by atoms with E-state index in [0.717, 1.165) is 37.1 Å². The number of esters is 1. The Morgan fingerprint density at radius 2 is 1.60 bits per heavy atom. The van der Waals surface area contributed by atoms with E-state index in [4.69, 9.17) is 14.9 Å². The molecule has 2 atom stereocenters. The molecule has 0 saturated heterocycles. The lowest BCUT2D eigenvalue weighted by Gasteiger charge is -2.25. The first-order valence-electron chi connectivity index (χ1n) is 15.5. The Kier molecular flexibility index (Phi) is 16.3. The zero-order valence-electron chi connectivity index (χ0n) is 27.3. The van der Waals surface area contributed by atoms with Crippen LogP contribution in [0.3, 0.4) is 0 Å². The normalized spacial score (nSPS) is 12.3. The number of aromatic nitrogens is 1. The number of hydrogen-bond acceptors (Lipinski definition) is 7. The summed E-state index contributed by atoms with van der Waals surface area (Å²) >= 11 is 0. The molecule has 0 fully saturated rings. The van der Waals surface area contributed by atoms with Gasteiger partial charge in [-0.25, -0.2) is 18.6 Å². The lowest BCUT2D eigenvalue weighted by molar-refractivity contribution is -0.137. The third-order valence-corrected chi connectivity index (χ3v) is 7.43. The lowest BCUT2D eigenvalue weighted by atomic mass is 10.0. The first-order chi connectivity index (χ1) is 22.9. The second-order valence-electron chi connectivity index (χ2n) is 11.3. The Labute approximate surface area is 299 Å². The number of amides is 1. The molecule has 0 saturated carbocycles. The van der Waals surface area contributed by atoms with Crippen molar-refractivity contribution in [3.63, 3.8) is 0 Å². The molecule has 0 aliphatic rings. The Balaban J connectivity index is 0.00000433. The molecule has 1 heterocycles. The Hall–Kier alpha value is -4.04. The maximum Gasteiger partial charge on any atom is 0.416 e. The highest BCUT2D eigenvalue weighted by Gasteiger charge is 2.30. The fourth-order valence-electron chi connectivity index (χ4n) is 5.23. The third kappa shape index (κ3) is 11.8. The van der Waals surface area contributed by atoms with E-state index in [-0.39, 0.29) is 72.8 Å². The van der Waals surface area contributed by atoms with Crippen molar-refractivity contribution in [1.29, 1.82) is 0 Å². The van der Waals surface area contributed by atoms with Gasteiger partial charge < -0.3 is 25.1 Å². The highest BCUT2D eigenvalue weighted by molar-refractivity contribution is 5.99. The van der Waals surface area contributed by atoms with E-state index in [1.165, 1.54) is 36.7 Å². The van der Waals surface area contributed by atoms with E-state index >= 15 is 0 Å². The minimum absolute atomic E-state index is 0. The highest BCUT2D eigenvalue weighted by atomic mass is 35.5. The van der Waals surface area contributed by atoms with Gasteiger partial charge in [0.05, 0.1) is 17.3 Å². The molecule has 8 nitrogen and oxygen atoms in total. The number of halogens is 7. The highest BCUT2D eigenvalue weighted by Crippen LogP contribution is 2.29. The quantitative estimate of drug-likeness (QED) is 0.0952. The summed E-state index contributed by atoms with van der Waals surface area (Å²) in [5.41, 5.74) is 6.70. The number of ether oxygens (including phenoxy) is 1. The Bertz CT molecular complexity index is 1670. The molecule has 4 rings (SSSR count). The molecule has 50 heavy (non-hydrogen) atoms. The van der Waals surface area contributed by atoms with E-state index in [1.54, 1.807) is 11.0 Å². The summed E-state index contributed by atoms with van der Waals surface area (Å²) < 4.78 is 78.8. The zero-order valence-corrected chi connectivity index (χ0v) is 29.0. The SMILES string of the molecule is CCCN(CCC)C(=O)c1cc(C(=O)OC(CNCc2cccc(C(F)(F)F)c2)C(N)Cc2cc(F)cc(F)c2)cc(-c2ncco2)c1.Cl.Cl. The summed E-state index contributed by atoms with van der Waals surface area (Å²) in [6, 6.07) is 11.1. The van der Waals surface area contributed by atoms with Crippen molar-refractivity contribution < 1.29 is 40.7 Å². The Morgan fingerprint density at radius 1 is 0.940 bits per heavy atom. The van der Waals surface area contributed by atoms with Crippen LogP contribution in [0.1, 0.15) is 64.1 Å². The fourth-order valence-corrected chi connectivity index (χ4v) is 5.23. The van der Waals surface area contributed by atoms with Crippen molar-refractivity contribution in [2.24, 2.45) is 5.73 Å². The summed E-state index contributed by atoms with van der Waals surface area (Å²) in [5.74, 6) is -2.62. The number of carbonyl (C=O) groups is 2. The average molecular weight is 746 g/mol. The molecule has 0 spiro atoms. The maximum absolute atomic E-state index is 13.9. The van der Waals surface area contributed by atoms with Gasteiger partial charge in [-0.2, -0.15) is 13.2 Å². The molecule has 3 N–H and O–H groups in total. The van der Waals surface area contributed by atoms with Gasteiger partial charge in [0, 0.05) is 49.4 Å². The lowest BCUT2D eigenvalue weighted by Crippen LogP contribution is -2.46. The van der Waals surface area contributed by atoms with Crippen LogP contribution in [0, 0.1) is 11.6 Å². The van der Waals surface area contributed by atoms with Gasteiger partial charge in [0.1, 0.15) is 24.0 Å². The molecule has 1 amide bonds. The largest absolute Gasteiger partial charge is 0.456 e. The van der Waals surface area contributed by atoms with Crippen LogP contribution in [0.4, 0.5) is 22.0 Å². The van der Waals surface area contributed by atoms with Crippen molar-refractivity contribution in [2.75, 3.05) is 19.6 Å². The van der Waals surface area contributed by atoms with E-state index in [0.29, 0.717) is 30.3 Å². The summed E-state index contributed by atoms with van der Waals surface area (Å²) in [6.45, 7) is 4.76. The monoisotopic (exact) mass is 744 g/mol. The van der Waals surface area contributed by atoms with Crippen molar-refractivity contribution in [1.82, 2.24) is 15.2 Å². The number of benzene rings is 3. The average Bonchev–Trinajstić information content (AvgIpc) is 3.58. The van der Waals surface area contributed by atoms with E-state index in [2.05, 4.69) is 10.3 Å². The van der Waals surface area contributed by atoms with Gasteiger partial charge in [0.15, 0.2) is 0 Å². The minimum Gasteiger partial charge on any atom is -0.456 e. The molecular formula is C35H39Cl2F5N4O4. The van der Waals surface area contributed by atoms with Gasteiger partial charge in [-0.15, -0.1) is 24.8 Å². The number of hydrogen-bond donors (Lipinski definition) is 2. The first-order valence-corrected chi connectivity index (χ1v) is 15.5. The fraction of sp³-hybridized carbons (Fsp3) is 0.343. The second-order valence-corrected chi connectivity index (χ2v) is 11.3. The summed E-state index contributed by atoms with van der Waals surface area (Å²) in [6.07, 6.45) is -1.52. The van der Waals surface area contributed by atoms with Crippen LogP contribution in [0.2, 0.25) is 0 Å². The van der Waals surface area contributed by atoms with Gasteiger partial charge in [0.2, 0.25) is 5.89 Å². The van der Waals surface area contributed by atoms with Crippen LogP contribution < -0.4 is 11.1 Å². The number of alkyl halides is 3. The molecular weight excluding hydrogens is 706 g/mol. The summed E-state index contributed by atoms with van der Waals surface area (Å²) in [7, 11) is 0. The van der Waals surface area contributed by atoms with Crippen molar-refractivity contribution in [3.8, 4) is 11.5 Å². The van der Waals surface area contributed by atoms with Gasteiger partial charge in [-0.1, -0.05) is 32.0 Å². The minimum atomic E-state index is -4.53. The molecule has 0 bridgehead atoms. The zero-order chi connectivity index (χ0) is 34.8. The summed E-state index contributed by atoms with van der Waals surface area (Å²) in [5, 5.41) is 2.97. The number of carbonyl (C=O) groups excluding carboxylic acids is 2. The standard InChI is InChI=1S/C35H37F5N4O4.2ClH/c1-3-9-44(10-4-2)33(45)25-16-24(32-43-8-11-47-32)17-26(18-25)34(46)48-31(30(41)15-23-13-28(36)19-29(37)14-23)21-42-20-22-6-5-7-27(12-22)35(38,39)40;;/h5-8,11-14,16-19,30-31,42H,3-4,9-10,15,20-21,41H2,1-2H3;2*1H. The summed E-state index contributed by atoms with van der Waals surface area (Å²) in [4.78, 5) is 33.1. The molecule has 0 radical (unpaired) electrons. The molecule has 3 aromatic carbocycles. The molecule has 4 aromatic rings. The molecule has 272 valence electrons. The van der Waals surface area contributed by atoms with Crippen LogP contribution >= 0.6 is 24.8 Å². The molecule has 0 aliphatic carbocycles. The van der Waals surface area contributed by atoms with Gasteiger partial charge >= 0.3 is 12.1 Å².